The van der Waals surface area contributed by atoms with E-state index in [1.807, 2.05) is 27.7 Å². The second-order valence-corrected chi connectivity index (χ2v) is 4.60. The molecular weight excluding hydrogens is 162 g/mol. The fraction of sp³-hybridized carbons (Fsp3) is 0.727. The molecule has 0 atom stereocenters. The van der Waals surface area contributed by atoms with Crippen LogP contribution in [0.4, 0.5) is 0 Å². The van der Waals surface area contributed by atoms with Crippen molar-refractivity contribution in [2.45, 2.75) is 46.1 Å². The van der Waals surface area contributed by atoms with Crippen molar-refractivity contribution in [2.24, 2.45) is 11.1 Å². The molecule has 2 heteroatoms. The van der Waals surface area contributed by atoms with E-state index in [0.29, 0.717) is 6.42 Å². The van der Waals surface area contributed by atoms with Crippen molar-refractivity contribution in [3.8, 4) is 0 Å². The second kappa shape index (κ2) is 4.05. The van der Waals surface area contributed by atoms with E-state index in [4.69, 9.17) is 5.73 Å². The maximum atomic E-state index is 11.7. The highest BCUT2D eigenvalue weighted by molar-refractivity contribution is 5.85. The predicted octanol–water partition coefficient (Wildman–Crippen LogP) is 2.29. The number of ketones is 1. The van der Waals surface area contributed by atoms with Gasteiger partial charge in [-0.1, -0.05) is 19.9 Å². The lowest BCUT2D eigenvalue weighted by Gasteiger charge is -2.37. The largest absolute Gasteiger partial charge is 0.325 e. The van der Waals surface area contributed by atoms with Crippen molar-refractivity contribution in [2.75, 3.05) is 0 Å². The number of hydrogen-bond acceptors (Lipinski definition) is 2. The van der Waals surface area contributed by atoms with E-state index in [2.05, 4.69) is 6.58 Å². The third kappa shape index (κ3) is 2.96. The lowest BCUT2D eigenvalue weighted by Crippen LogP contribution is -2.51. The molecule has 0 aromatic heterocycles. The summed E-state index contributed by atoms with van der Waals surface area (Å²) in [6, 6.07) is 0. The van der Waals surface area contributed by atoms with Crippen LogP contribution in [0.1, 0.15) is 40.5 Å². The van der Waals surface area contributed by atoms with Gasteiger partial charge in [-0.3, -0.25) is 4.79 Å². The zero-order chi connectivity index (χ0) is 10.7. The Morgan fingerprint density at radius 3 is 2.15 bits per heavy atom. The van der Waals surface area contributed by atoms with Gasteiger partial charge in [0.1, 0.15) is 5.78 Å². The van der Waals surface area contributed by atoms with Gasteiger partial charge in [0.05, 0.1) is 0 Å². The average molecular weight is 183 g/mol. The summed E-state index contributed by atoms with van der Waals surface area (Å²) in [6.07, 6.45) is 3.03. The maximum Gasteiger partial charge on any atom is 0.140 e. The Balaban J connectivity index is 4.45. The third-order valence-electron chi connectivity index (χ3n) is 2.88. The Kier molecular flexibility index (Phi) is 3.86. The number of carbonyl (C=O) groups is 1. The van der Waals surface area contributed by atoms with E-state index >= 15 is 0 Å². The van der Waals surface area contributed by atoms with Crippen LogP contribution < -0.4 is 5.73 Å². The summed E-state index contributed by atoms with van der Waals surface area (Å²) >= 11 is 0. The lowest BCUT2D eigenvalue weighted by molar-refractivity contribution is -0.129. The van der Waals surface area contributed by atoms with E-state index in [9.17, 15) is 4.79 Å². The first-order chi connectivity index (χ1) is 5.73. The molecule has 2 N–H and O–H groups in total. The summed E-state index contributed by atoms with van der Waals surface area (Å²) in [5, 5.41) is 0. The zero-order valence-electron chi connectivity index (χ0n) is 9.18. The summed E-state index contributed by atoms with van der Waals surface area (Å²) < 4.78 is 0. The van der Waals surface area contributed by atoms with Gasteiger partial charge in [-0.05, 0) is 20.3 Å². The van der Waals surface area contributed by atoms with E-state index < -0.39 is 11.0 Å². The fourth-order valence-electron chi connectivity index (χ4n) is 0.905. The molecule has 0 aromatic carbocycles. The minimum Gasteiger partial charge on any atom is -0.325 e. The van der Waals surface area contributed by atoms with Crippen molar-refractivity contribution < 1.29 is 4.79 Å². The minimum absolute atomic E-state index is 0.208. The summed E-state index contributed by atoms with van der Waals surface area (Å²) in [5.41, 5.74) is 5.01. The molecule has 0 saturated carbocycles. The summed E-state index contributed by atoms with van der Waals surface area (Å²) in [4.78, 5) is 11.7. The number of carbonyl (C=O) groups excluding carboxylic acids is 1. The van der Waals surface area contributed by atoms with Gasteiger partial charge < -0.3 is 5.73 Å². The second-order valence-electron chi connectivity index (χ2n) is 4.60. The van der Waals surface area contributed by atoms with E-state index in [0.717, 1.165) is 6.42 Å². The maximum absolute atomic E-state index is 11.7. The Hall–Kier alpha value is -0.630. The van der Waals surface area contributed by atoms with Crippen LogP contribution in [-0.2, 0) is 4.79 Å². The Morgan fingerprint density at radius 1 is 1.38 bits per heavy atom. The number of rotatable bonds is 5. The van der Waals surface area contributed by atoms with Crippen molar-refractivity contribution in [1.82, 2.24) is 0 Å². The Bertz CT molecular complexity index is 199. The van der Waals surface area contributed by atoms with Gasteiger partial charge in [0.15, 0.2) is 0 Å². The highest BCUT2D eigenvalue weighted by Gasteiger charge is 2.39. The van der Waals surface area contributed by atoms with Gasteiger partial charge in [0.25, 0.3) is 0 Å². The first-order valence-corrected chi connectivity index (χ1v) is 4.66. The van der Waals surface area contributed by atoms with Crippen LogP contribution in [0.15, 0.2) is 12.7 Å². The van der Waals surface area contributed by atoms with Gasteiger partial charge in [0.2, 0.25) is 0 Å². The van der Waals surface area contributed by atoms with Crippen molar-refractivity contribution >= 4 is 5.78 Å². The molecule has 0 radical (unpaired) electrons. The average Bonchev–Trinajstić information content (AvgIpc) is 1.97. The summed E-state index contributed by atoms with van der Waals surface area (Å²) in [6.45, 7) is 11.2. The van der Waals surface area contributed by atoms with Crippen LogP contribution >= 0.6 is 0 Å². The van der Waals surface area contributed by atoms with Gasteiger partial charge >= 0.3 is 0 Å². The van der Waals surface area contributed by atoms with Crippen molar-refractivity contribution in [1.29, 1.82) is 0 Å². The molecule has 0 fully saturated rings. The van der Waals surface area contributed by atoms with Gasteiger partial charge in [0, 0.05) is 17.4 Å². The smallest absolute Gasteiger partial charge is 0.140 e. The van der Waals surface area contributed by atoms with Crippen molar-refractivity contribution in [3.63, 3.8) is 0 Å². The first kappa shape index (κ1) is 12.4. The minimum atomic E-state index is -0.467. The molecule has 76 valence electrons. The topological polar surface area (TPSA) is 43.1 Å². The van der Waals surface area contributed by atoms with Crippen LogP contribution in [0.3, 0.4) is 0 Å². The quantitative estimate of drug-likeness (QED) is 0.664. The number of Topliss-reactive ketones (excluding diaryl/α,β-unsaturated/α-hetero) is 1. The number of allylic oxidation sites excluding steroid dienone is 1. The van der Waals surface area contributed by atoms with Crippen LogP contribution in [0, 0.1) is 5.41 Å². The third-order valence-corrected chi connectivity index (χ3v) is 2.88. The highest BCUT2D eigenvalue weighted by atomic mass is 16.1. The van der Waals surface area contributed by atoms with E-state index in [1.165, 1.54) is 0 Å². The standard InChI is InChI=1S/C11H21NO/c1-6-7-8-9(13)10(2,3)11(4,5)12/h6H,1,7-8,12H2,2-5H3. The molecule has 0 aliphatic heterocycles. The molecule has 0 aliphatic carbocycles. The highest BCUT2D eigenvalue weighted by Crippen LogP contribution is 2.30. The molecule has 0 amide bonds. The van der Waals surface area contributed by atoms with Crippen LogP contribution in [0.25, 0.3) is 0 Å². The monoisotopic (exact) mass is 183 g/mol. The molecule has 0 saturated heterocycles. The summed E-state index contributed by atoms with van der Waals surface area (Å²) in [5.74, 6) is 0.208. The zero-order valence-corrected chi connectivity index (χ0v) is 9.18. The molecule has 0 unspecified atom stereocenters. The molecule has 2 nitrogen and oxygen atoms in total. The Morgan fingerprint density at radius 2 is 1.85 bits per heavy atom. The van der Waals surface area contributed by atoms with E-state index in [1.54, 1.807) is 6.08 Å². The Labute approximate surface area is 81.2 Å². The van der Waals surface area contributed by atoms with Gasteiger partial charge in [-0.25, -0.2) is 0 Å². The van der Waals surface area contributed by atoms with Crippen LogP contribution in [0.5, 0.6) is 0 Å². The predicted molar refractivity (Wildman–Crippen MR) is 56.5 cm³/mol. The lowest BCUT2D eigenvalue weighted by atomic mass is 9.71. The normalized spacial score (nSPS) is 12.7. The molecule has 0 aliphatic rings. The van der Waals surface area contributed by atoms with Crippen molar-refractivity contribution in [3.05, 3.63) is 12.7 Å². The van der Waals surface area contributed by atoms with Gasteiger partial charge in [-0.2, -0.15) is 0 Å². The molecule has 0 heterocycles. The molecule has 13 heavy (non-hydrogen) atoms. The number of hydrogen-bond donors (Lipinski definition) is 1. The first-order valence-electron chi connectivity index (χ1n) is 4.66. The van der Waals surface area contributed by atoms with Gasteiger partial charge in [-0.15, -0.1) is 6.58 Å². The molecule has 0 bridgehead atoms. The van der Waals surface area contributed by atoms with E-state index in [-0.39, 0.29) is 5.78 Å². The number of nitrogens with two attached hydrogens (primary N) is 1. The van der Waals surface area contributed by atoms with Crippen LogP contribution in [-0.4, -0.2) is 11.3 Å². The molecule has 0 spiro atoms. The fourth-order valence-corrected chi connectivity index (χ4v) is 0.905. The summed E-state index contributed by atoms with van der Waals surface area (Å²) in [7, 11) is 0. The molecule has 0 rings (SSSR count). The molecular formula is C11H21NO. The SMILES string of the molecule is C=CCCC(=O)C(C)(C)C(C)(C)N. The molecule has 0 aromatic rings. The van der Waals surface area contributed by atoms with Crippen LogP contribution in [0.2, 0.25) is 0 Å².